The van der Waals surface area contributed by atoms with E-state index in [1.807, 2.05) is 6.92 Å². The van der Waals surface area contributed by atoms with E-state index in [4.69, 9.17) is 9.47 Å². The lowest BCUT2D eigenvalue weighted by Gasteiger charge is -2.47. The Labute approximate surface area is 175 Å². The van der Waals surface area contributed by atoms with Gasteiger partial charge in [0.05, 0.1) is 37.0 Å². The van der Waals surface area contributed by atoms with Crippen LogP contribution >= 0.6 is 11.3 Å². The maximum atomic E-state index is 13.9. The van der Waals surface area contributed by atoms with E-state index in [1.54, 1.807) is 10.3 Å². The van der Waals surface area contributed by atoms with Crippen LogP contribution in [-0.2, 0) is 9.47 Å². The summed E-state index contributed by atoms with van der Waals surface area (Å²) in [6, 6.07) is 2.36. The number of urea groups is 1. The summed E-state index contributed by atoms with van der Waals surface area (Å²) in [7, 11) is 0. The molecule has 2 aromatic rings. The zero-order valence-electron chi connectivity index (χ0n) is 16.2. The van der Waals surface area contributed by atoms with E-state index < -0.39 is 23.5 Å². The third-order valence-electron chi connectivity index (χ3n) is 4.90. The minimum Gasteiger partial charge on any atom is -0.345 e. The highest BCUT2D eigenvalue weighted by Crippen LogP contribution is 2.26. The lowest BCUT2D eigenvalue weighted by molar-refractivity contribution is -0.281. The summed E-state index contributed by atoms with van der Waals surface area (Å²) in [6.45, 7) is 3.10. The highest BCUT2D eigenvalue weighted by molar-refractivity contribution is 7.09. The van der Waals surface area contributed by atoms with Crippen molar-refractivity contribution in [2.45, 2.75) is 12.7 Å². The summed E-state index contributed by atoms with van der Waals surface area (Å²) in [4.78, 5) is 32.6. The molecule has 160 valence electrons. The molecule has 0 radical (unpaired) electrons. The summed E-state index contributed by atoms with van der Waals surface area (Å²) in [5, 5.41) is 4.94. The topological polar surface area (TPSA) is 84.0 Å². The van der Waals surface area contributed by atoms with Crippen LogP contribution in [0, 0.1) is 18.6 Å². The molecule has 2 aliphatic heterocycles. The van der Waals surface area contributed by atoms with Crippen LogP contribution in [0.2, 0.25) is 0 Å². The summed E-state index contributed by atoms with van der Waals surface area (Å²) in [5.41, 5.74) is 0.244. The number of rotatable bonds is 2. The van der Waals surface area contributed by atoms with E-state index >= 15 is 0 Å². The number of halogens is 2. The molecular formula is C19H20F2N4O4S. The Morgan fingerprint density at radius 2 is 1.87 bits per heavy atom. The van der Waals surface area contributed by atoms with Gasteiger partial charge in [0.15, 0.2) is 0 Å². The SMILES string of the molecule is Cc1nc(C(=O)N2CCOC3(CN(C(=O)Nc4ccc(F)cc4F)CCO3)C2)cs1. The second-order valence-corrected chi connectivity index (χ2v) is 8.12. The number of aryl methyl sites for hydroxylation is 1. The van der Waals surface area contributed by atoms with E-state index in [0.717, 1.165) is 17.1 Å². The Hall–Kier alpha value is -2.63. The minimum absolute atomic E-state index is 0.0571. The Morgan fingerprint density at radius 1 is 1.17 bits per heavy atom. The van der Waals surface area contributed by atoms with Crippen LogP contribution < -0.4 is 5.32 Å². The number of benzene rings is 1. The molecule has 0 saturated carbocycles. The van der Waals surface area contributed by atoms with Crippen LogP contribution in [0.3, 0.4) is 0 Å². The molecular weight excluding hydrogens is 418 g/mol. The van der Waals surface area contributed by atoms with E-state index in [9.17, 15) is 18.4 Å². The molecule has 11 heteroatoms. The van der Waals surface area contributed by atoms with Gasteiger partial charge in [-0.1, -0.05) is 0 Å². The molecule has 2 fully saturated rings. The van der Waals surface area contributed by atoms with Crippen molar-refractivity contribution in [1.29, 1.82) is 0 Å². The second-order valence-electron chi connectivity index (χ2n) is 7.06. The molecule has 3 heterocycles. The van der Waals surface area contributed by atoms with Gasteiger partial charge >= 0.3 is 6.03 Å². The summed E-state index contributed by atoms with van der Waals surface area (Å²) in [6.07, 6.45) is 0. The van der Waals surface area contributed by atoms with Crippen molar-refractivity contribution in [2.75, 3.05) is 44.7 Å². The molecule has 8 nitrogen and oxygen atoms in total. The number of hydrogen-bond donors (Lipinski definition) is 1. The number of aromatic nitrogens is 1. The third kappa shape index (κ3) is 4.27. The lowest BCUT2D eigenvalue weighted by atomic mass is 10.1. The molecule has 1 spiro atoms. The molecule has 1 unspecified atom stereocenters. The van der Waals surface area contributed by atoms with Gasteiger partial charge in [-0.05, 0) is 19.1 Å². The number of thiazole rings is 1. The second kappa shape index (κ2) is 8.25. The van der Waals surface area contributed by atoms with Gasteiger partial charge in [-0.15, -0.1) is 11.3 Å². The van der Waals surface area contributed by atoms with Crippen LogP contribution in [0.15, 0.2) is 23.6 Å². The molecule has 30 heavy (non-hydrogen) atoms. The first-order chi connectivity index (χ1) is 14.3. The zero-order chi connectivity index (χ0) is 21.3. The first-order valence-corrected chi connectivity index (χ1v) is 10.2. The number of nitrogens with zero attached hydrogens (tertiary/aromatic N) is 3. The predicted molar refractivity (Wildman–Crippen MR) is 104 cm³/mol. The molecule has 0 bridgehead atoms. The average Bonchev–Trinajstić information content (AvgIpc) is 3.16. The van der Waals surface area contributed by atoms with Gasteiger partial charge in [0.25, 0.3) is 5.91 Å². The fourth-order valence-corrected chi connectivity index (χ4v) is 4.04. The van der Waals surface area contributed by atoms with Crippen molar-refractivity contribution in [2.24, 2.45) is 0 Å². The summed E-state index contributed by atoms with van der Waals surface area (Å²) >= 11 is 1.39. The number of carbonyl (C=O) groups is 2. The summed E-state index contributed by atoms with van der Waals surface area (Å²) in [5.74, 6) is -2.99. The largest absolute Gasteiger partial charge is 0.345 e. The van der Waals surface area contributed by atoms with Crippen LogP contribution in [0.4, 0.5) is 19.3 Å². The molecule has 0 aliphatic carbocycles. The standard InChI is InChI=1S/C19H20F2N4O4S/c1-12-22-16(9-30-12)17(26)24-4-6-28-19(10-24)11-25(5-7-29-19)18(27)23-15-3-2-13(20)8-14(15)21/h2-3,8-9H,4-7,10-11H2,1H3,(H,23,27). The van der Waals surface area contributed by atoms with E-state index in [-0.39, 0.29) is 44.4 Å². The van der Waals surface area contributed by atoms with Gasteiger partial charge in [0.1, 0.15) is 17.3 Å². The van der Waals surface area contributed by atoms with Crippen molar-refractivity contribution in [3.05, 3.63) is 45.9 Å². The fraction of sp³-hybridized carbons (Fsp3) is 0.421. The lowest BCUT2D eigenvalue weighted by Crippen LogP contribution is -2.64. The normalized spacial score (nSPS) is 21.7. The highest BCUT2D eigenvalue weighted by atomic mass is 32.1. The Morgan fingerprint density at radius 3 is 2.53 bits per heavy atom. The fourth-order valence-electron chi connectivity index (χ4n) is 3.45. The van der Waals surface area contributed by atoms with Gasteiger partial charge in [0.2, 0.25) is 5.79 Å². The van der Waals surface area contributed by atoms with Crippen molar-refractivity contribution in [1.82, 2.24) is 14.8 Å². The monoisotopic (exact) mass is 438 g/mol. The Balaban J connectivity index is 1.44. The van der Waals surface area contributed by atoms with Gasteiger partial charge in [-0.3, -0.25) is 4.79 Å². The van der Waals surface area contributed by atoms with E-state index in [0.29, 0.717) is 18.3 Å². The smallest absolute Gasteiger partial charge is 0.322 e. The molecule has 1 aromatic heterocycles. The predicted octanol–water partition coefficient (Wildman–Crippen LogP) is 2.46. The first kappa shape index (κ1) is 20.6. The molecule has 4 rings (SSSR count). The molecule has 3 amide bonds. The van der Waals surface area contributed by atoms with Crippen molar-refractivity contribution in [3.8, 4) is 0 Å². The molecule has 2 aliphatic rings. The van der Waals surface area contributed by atoms with Crippen molar-refractivity contribution in [3.63, 3.8) is 0 Å². The third-order valence-corrected chi connectivity index (χ3v) is 5.67. The number of morpholine rings is 2. The van der Waals surface area contributed by atoms with Crippen LogP contribution in [0.1, 0.15) is 15.5 Å². The van der Waals surface area contributed by atoms with Crippen molar-refractivity contribution < 1.29 is 27.8 Å². The van der Waals surface area contributed by atoms with Gasteiger partial charge < -0.3 is 24.6 Å². The van der Waals surface area contributed by atoms with E-state index in [2.05, 4.69) is 10.3 Å². The zero-order valence-corrected chi connectivity index (χ0v) is 17.0. The number of hydrogen-bond acceptors (Lipinski definition) is 6. The maximum absolute atomic E-state index is 13.9. The molecule has 1 aromatic carbocycles. The number of amides is 3. The summed E-state index contributed by atoms with van der Waals surface area (Å²) < 4.78 is 38.6. The van der Waals surface area contributed by atoms with Gasteiger partial charge in [-0.25, -0.2) is 18.6 Å². The number of ether oxygens (including phenoxy) is 2. The highest BCUT2D eigenvalue weighted by Gasteiger charge is 2.44. The molecule has 2 saturated heterocycles. The van der Waals surface area contributed by atoms with Crippen LogP contribution in [-0.4, -0.2) is 71.9 Å². The number of carbonyl (C=O) groups excluding carboxylic acids is 2. The van der Waals surface area contributed by atoms with Gasteiger partial charge in [-0.2, -0.15) is 0 Å². The number of anilines is 1. The van der Waals surface area contributed by atoms with Crippen molar-refractivity contribution >= 4 is 29.0 Å². The Kier molecular flexibility index (Phi) is 5.67. The van der Waals surface area contributed by atoms with Crippen LogP contribution in [0.5, 0.6) is 0 Å². The first-order valence-electron chi connectivity index (χ1n) is 9.35. The number of nitrogens with one attached hydrogen (secondary N) is 1. The molecule has 1 atom stereocenters. The minimum atomic E-state index is -1.17. The van der Waals surface area contributed by atoms with Gasteiger partial charge in [0, 0.05) is 24.5 Å². The molecule has 1 N–H and O–H groups in total. The van der Waals surface area contributed by atoms with E-state index in [1.165, 1.54) is 16.2 Å². The quantitative estimate of drug-likeness (QED) is 0.779. The van der Waals surface area contributed by atoms with Crippen LogP contribution in [0.25, 0.3) is 0 Å². The maximum Gasteiger partial charge on any atom is 0.322 e. The average molecular weight is 438 g/mol. The Bertz CT molecular complexity index is 968.